The summed E-state index contributed by atoms with van der Waals surface area (Å²) in [5.41, 5.74) is -0.242. The molecule has 5 nitrogen and oxygen atoms in total. The van der Waals surface area contributed by atoms with E-state index in [0.717, 1.165) is 25.7 Å². The highest BCUT2D eigenvalue weighted by molar-refractivity contribution is 6.09. The number of aliphatic hydroxyl groups is 4. The highest BCUT2D eigenvalue weighted by Crippen LogP contribution is 2.38. The van der Waals surface area contributed by atoms with Gasteiger partial charge >= 0.3 is 0 Å². The average molecular weight is 411 g/mol. The summed E-state index contributed by atoms with van der Waals surface area (Å²) in [5.74, 6) is -0.152. The standard InChI is InChI=1S/C25H30O5/c26-21-5-1-3-15-24(21,29)19-11-7-17(8-12-19)23(28)18-9-13-20(14-10-18)25(30)16-4-2-6-22(25)27/h7-14,21-22,26-27,29-30H,1-6,15-16H2. The molecule has 0 saturated heterocycles. The maximum atomic E-state index is 12.9. The first-order valence-electron chi connectivity index (χ1n) is 10.9. The first kappa shape index (κ1) is 21.2. The monoisotopic (exact) mass is 410 g/mol. The summed E-state index contributed by atoms with van der Waals surface area (Å²) in [6.07, 6.45) is 4.13. The lowest BCUT2D eigenvalue weighted by atomic mass is 9.77. The van der Waals surface area contributed by atoms with Crippen LogP contribution in [0.15, 0.2) is 48.5 Å². The Hall–Kier alpha value is -2.05. The van der Waals surface area contributed by atoms with Crippen LogP contribution < -0.4 is 0 Å². The minimum atomic E-state index is -1.25. The molecular formula is C25H30O5. The molecule has 0 spiro atoms. The fourth-order valence-corrected chi connectivity index (χ4v) is 4.94. The van der Waals surface area contributed by atoms with E-state index in [-0.39, 0.29) is 5.78 Å². The normalized spacial score (nSPS) is 32.0. The van der Waals surface area contributed by atoms with Crippen LogP contribution in [-0.2, 0) is 11.2 Å². The zero-order valence-corrected chi connectivity index (χ0v) is 17.1. The summed E-state index contributed by atoms with van der Waals surface area (Å²) in [5, 5.41) is 42.3. The van der Waals surface area contributed by atoms with E-state index in [2.05, 4.69) is 0 Å². The third-order valence-electron chi connectivity index (χ3n) is 6.97. The molecule has 2 saturated carbocycles. The Morgan fingerprint density at radius 3 is 1.37 bits per heavy atom. The zero-order valence-electron chi connectivity index (χ0n) is 17.1. The van der Waals surface area contributed by atoms with E-state index < -0.39 is 23.4 Å². The predicted octanol–water partition coefficient (Wildman–Crippen LogP) is 3.16. The van der Waals surface area contributed by atoms with Crippen molar-refractivity contribution >= 4 is 5.78 Å². The molecular weight excluding hydrogens is 380 g/mol. The van der Waals surface area contributed by atoms with Crippen LogP contribution >= 0.6 is 0 Å². The van der Waals surface area contributed by atoms with Crippen molar-refractivity contribution in [3.63, 3.8) is 0 Å². The summed E-state index contributed by atoms with van der Waals surface area (Å²) >= 11 is 0. The molecule has 30 heavy (non-hydrogen) atoms. The Morgan fingerprint density at radius 1 is 0.667 bits per heavy atom. The number of rotatable bonds is 4. The molecule has 160 valence electrons. The smallest absolute Gasteiger partial charge is 0.193 e. The first-order chi connectivity index (χ1) is 14.3. The zero-order chi connectivity index (χ0) is 21.4. The van der Waals surface area contributed by atoms with Crippen molar-refractivity contribution in [3.05, 3.63) is 70.8 Å². The Balaban J connectivity index is 1.52. The van der Waals surface area contributed by atoms with Gasteiger partial charge in [0.05, 0.1) is 12.2 Å². The largest absolute Gasteiger partial charge is 0.390 e. The van der Waals surface area contributed by atoms with Gasteiger partial charge in [-0.05, 0) is 36.8 Å². The quantitative estimate of drug-likeness (QED) is 0.581. The van der Waals surface area contributed by atoms with Gasteiger partial charge in [-0.2, -0.15) is 0 Å². The molecule has 4 unspecified atom stereocenters. The van der Waals surface area contributed by atoms with Gasteiger partial charge in [0, 0.05) is 11.1 Å². The van der Waals surface area contributed by atoms with Gasteiger partial charge in [-0.15, -0.1) is 0 Å². The number of carbonyl (C=O) groups is 1. The van der Waals surface area contributed by atoms with Crippen LogP contribution in [0.3, 0.4) is 0 Å². The van der Waals surface area contributed by atoms with Gasteiger partial charge in [0.2, 0.25) is 0 Å². The Kier molecular flexibility index (Phi) is 5.82. The number of hydrogen-bond acceptors (Lipinski definition) is 5. The van der Waals surface area contributed by atoms with E-state index in [1.54, 1.807) is 48.5 Å². The highest BCUT2D eigenvalue weighted by atomic mass is 16.3. The first-order valence-corrected chi connectivity index (χ1v) is 10.9. The van der Waals surface area contributed by atoms with Crippen LogP contribution in [0.25, 0.3) is 0 Å². The topological polar surface area (TPSA) is 98.0 Å². The Morgan fingerprint density at radius 2 is 1.03 bits per heavy atom. The summed E-state index contributed by atoms with van der Waals surface area (Å²) in [7, 11) is 0. The van der Waals surface area contributed by atoms with E-state index in [9.17, 15) is 25.2 Å². The molecule has 2 aliphatic rings. The van der Waals surface area contributed by atoms with Crippen LogP contribution in [0, 0.1) is 0 Å². The van der Waals surface area contributed by atoms with Gasteiger partial charge in [0.25, 0.3) is 0 Å². The van der Waals surface area contributed by atoms with Crippen molar-refractivity contribution in [1.82, 2.24) is 0 Å². The Labute approximate surface area is 177 Å². The fraction of sp³-hybridized carbons (Fsp3) is 0.480. The molecule has 0 bridgehead atoms. The second-order valence-electron chi connectivity index (χ2n) is 8.86. The van der Waals surface area contributed by atoms with Crippen LogP contribution in [0.1, 0.15) is 78.4 Å². The summed E-state index contributed by atoms with van der Waals surface area (Å²) < 4.78 is 0. The van der Waals surface area contributed by atoms with E-state index in [1.807, 2.05) is 0 Å². The minimum Gasteiger partial charge on any atom is -0.390 e. The predicted molar refractivity (Wildman–Crippen MR) is 113 cm³/mol. The molecule has 5 heteroatoms. The second kappa shape index (κ2) is 8.23. The third kappa shape index (κ3) is 3.71. The molecule has 4 atom stereocenters. The van der Waals surface area contributed by atoms with Crippen LogP contribution in [-0.4, -0.2) is 38.4 Å². The summed E-state index contributed by atoms with van der Waals surface area (Å²) in [6.45, 7) is 0. The molecule has 2 aromatic rings. The summed E-state index contributed by atoms with van der Waals surface area (Å²) in [6, 6.07) is 13.6. The van der Waals surface area contributed by atoms with E-state index >= 15 is 0 Å². The van der Waals surface area contributed by atoms with Gasteiger partial charge < -0.3 is 20.4 Å². The van der Waals surface area contributed by atoms with Gasteiger partial charge in [0.1, 0.15) is 11.2 Å². The maximum Gasteiger partial charge on any atom is 0.193 e. The molecule has 0 heterocycles. The lowest BCUT2D eigenvalue weighted by Gasteiger charge is -2.37. The molecule has 0 aliphatic heterocycles. The second-order valence-corrected chi connectivity index (χ2v) is 8.86. The lowest BCUT2D eigenvalue weighted by Crippen LogP contribution is -2.42. The molecule has 0 radical (unpaired) electrons. The number of benzene rings is 2. The fourth-order valence-electron chi connectivity index (χ4n) is 4.94. The number of ketones is 1. The molecule has 0 amide bonds. The van der Waals surface area contributed by atoms with Crippen LogP contribution in [0.4, 0.5) is 0 Å². The number of hydrogen-bond donors (Lipinski definition) is 4. The minimum absolute atomic E-state index is 0.152. The van der Waals surface area contributed by atoms with Crippen molar-refractivity contribution in [2.24, 2.45) is 0 Å². The van der Waals surface area contributed by atoms with Gasteiger partial charge in [-0.1, -0.05) is 74.2 Å². The van der Waals surface area contributed by atoms with Gasteiger partial charge in [-0.25, -0.2) is 0 Å². The maximum absolute atomic E-state index is 12.9. The van der Waals surface area contributed by atoms with Crippen LogP contribution in [0.2, 0.25) is 0 Å². The lowest BCUT2D eigenvalue weighted by molar-refractivity contribution is -0.106. The molecule has 4 rings (SSSR count). The van der Waals surface area contributed by atoms with Crippen molar-refractivity contribution in [1.29, 1.82) is 0 Å². The third-order valence-corrected chi connectivity index (χ3v) is 6.97. The van der Waals surface area contributed by atoms with E-state index in [1.165, 1.54) is 0 Å². The molecule has 0 aromatic heterocycles. The average Bonchev–Trinajstić information content (AvgIpc) is 2.78. The molecule has 2 aliphatic carbocycles. The van der Waals surface area contributed by atoms with E-state index in [0.29, 0.717) is 47.9 Å². The summed E-state index contributed by atoms with van der Waals surface area (Å²) in [4.78, 5) is 12.9. The van der Waals surface area contributed by atoms with Crippen molar-refractivity contribution in [2.45, 2.75) is 74.8 Å². The van der Waals surface area contributed by atoms with Gasteiger partial charge in [0.15, 0.2) is 5.78 Å². The number of carbonyl (C=O) groups excluding carboxylic acids is 1. The molecule has 2 aromatic carbocycles. The molecule has 2 fully saturated rings. The van der Waals surface area contributed by atoms with Crippen LogP contribution in [0.5, 0.6) is 0 Å². The van der Waals surface area contributed by atoms with E-state index in [4.69, 9.17) is 0 Å². The number of aliphatic hydroxyl groups excluding tert-OH is 2. The molecule has 4 N–H and O–H groups in total. The SMILES string of the molecule is O=C(c1ccc(C2(O)CCCCC2O)cc1)c1ccc(C2(O)CCCCC2O)cc1. The van der Waals surface area contributed by atoms with Gasteiger partial charge in [-0.3, -0.25) is 4.79 Å². The van der Waals surface area contributed by atoms with Crippen molar-refractivity contribution < 1.29 is 25.2 Å². The Bertz CT molecular complexity index is 817. The highest BCUT2D eigenvalue weighted by Gasteiger charge is 2.40. The van der Waals surface area contributed by atoms with Crippen molar-refractivity contribution in [3.8, 4) is 0 Å². The van der Waals surface area contributed by atoms with Crippen molar-refractivity contribution in [2.75, 3.05) is 0 Å².